The second kappa shape index (κ2) is 9.55. The minimum absolute atomic E-state index is 0.0293. The molecule has 0 amide bonds. The number of hydrogen-bond donors (Lipinski definition) is 0. The van der Waals surface area contributed by atoms with Gasteiger partial charge in [0.15, 0.2) is 0 Å². The predicted octanol–water partition coefficient (Wildman–Crippen LogP) is 5.07. The van der Waals surface area contributed by atoms with Crippen LogP contribution in [0.15, 0.2) is 24.3 Å². The molecule has 0 fully saturated rings. The molecule has 0 saturated heterocycles. The van der Waals surface area contributed by atoms with E-state index in [1.54, 1.807) is 20.3 Å². The number of aryl methyl sites for hydroxylation is 1. The summed E-state index contributed by atoms with van der Waals surface area (Å²) < 4.78 is 54.9. The van der Waals surface area contributed by atoms with E-state index in [1.807, 2.05) is 13.8 Å². The number of unbranched alkanes of at least 4 members (excludes halogenated alkanes) is 2. The van der Waals surface area contributed by atoms with Gasteiger partial charge in [0.05, 0.1) is 5.56 Å². The summed E-state index contributed by atoms with van der Waals surface area (Å²) in [6, 6.07) is 6.23. The van der Waals surface area contributed by atoms with E-state index in [9.17, 15) is 13.2 Å². The van der Waals surface area contributed by atoms with Gasteiger partial charge in [0.2, 0.25) is 0 Å². The summed E-state index contributed by atoms with van der Waals surface area (Å²) in [6.45, 7) is 3.88. The maximum atomic E-state index is 12.7. The summed E-state index contributed by atoms with van der Waals surface area (Å²) in [7, 11) is 0.578. The highest BCUT2D eigenvalue weighted by molar-refractivity contribution is 6.60. The van der Waals surface area contributed by atoms with Gasteiger partial charge in [0.1, 0.15) is 0 Å². The van der Waals surface area contributed by atoms with Crippen LogP contribution in [0.1, 0.15) is 44.2 Å². The molecule has 24 heavy (non-hydrogen) atoms. The van der Waals surface area contributed by atoms with Crippen molar-refractivity contribution in [3.05, 3.63) is 35.4 Å². The third-order valence-corrected chi connectivity index (χ3v) is 6.78. The molecule has 0 aliphatic carbocycles. The largest absolute Gasteiger partial charge is 0.500 e. The third-order valence-electron chi connectivity index (χ3n) is 3.74. The van der Waals surface area contributed by atoms with Crippen molar-refractivity contribution in [2.45, 2.75) is 57.9 Å². The van der Waals surface area contributed by atoms with E-state index in [0.717, 1.165) is 25.3 Å². The van der Waals surface area contributed by atoms with Crippen LogP contribution in [0.25, 0.3) is 0 Å². The summed E-state index contributed by atoms with van der Waals surface area (Å²) in [6.07, 6.45) is -1.06. The highest BCUT2D eigenvalue weighted by atomic mass is 28.4. The number of halogens is 3. The van der Waals surface area contributed by atoms with Gasteiger partial charge < -0.3 is 13.3 Å². The van der Waals surface area contributed by atoms with Crippen molar-refractivity contribution in [2.75, 3.05) is 14.2 Å². The van der Waals surface area contributed by atoms with Gasteiger partial charge in [0.25, 0.3) is 0 Å². The van der Waals surface area contributed by atoms with Crippen LogP contribution >= 0.6 is 0 Å². The molecule has 0 atom stereocenters. The normalized spacial score (nSPS) is 12.8. The number of hydrogen-bond acceptors (Lipinski definition) is 3. The molecule has 0 aliphatic rings. The molecular weight excluding hydrogens is 337 g/mol. The van der Waals surface area contributed by atoms with Crippen molar-refractivity contribution in [3.63, 3.8) is 0 Å². The van der Waals surface area contributed by atoms with Crippen LogP contribution in [0.4, 0.5) is 13.2 Å². The second-order valence-electron chi connectivity index (χ2n) is 6.02. The zero-order valence-corrected chi connectivity index (χ0v) is 15.8. The van der Waals surface area contributed by atoms with Gasteiger partial charge in [-0.1, -0.05) is 24.6 Å². The molecule has 3 nitrogen and oxygen atoms in total. The van der Waals surface area contributed by atoms with Crippen LogP contribution in [0, 0.1) is 0 Å². The molecule has 0 heterocycles. The topological polar surface area (TPSA) is 27.7 Å². The van der Waals surface area contributed by atoms with Crippen molar-refractivity contribution in [3.8, 4) is 0 Å². The molecule has 1 rings (SSSR count). The number of rotatable bonds is 10. The van der Waals surface area contributed by atoms with Gasteiger partial charge in [-0.15, -0.1) is 0 Å². The van der Waals surface area contributed by atoms with Crippen molar-refractivity contribution in [2.24, 2.45) is 0 Å². The first-order valence-corrected chi connectivity index (χ1v) is 10.1. The zero-order valence-electron chi connectivity index (χ0n) is 14.8. The van der Waals surface area contributed by atoms with Crippen LogP contribution in [-0.4, -0.2) is 29.1 Å². The summed E-state index contributed by atoms with van der Waals surface area (Å²) >= 11 is 0. The van der Waals surface area contributed by atoms with E-state index in [4.69, 9.17) is 13.3 Å². The Morgan fingerprint density at radius 1 is 1.04 bits per heavy atom. The monoisotopic (exact) mass is 364 g/mol. The standard InChI is InChI=1S/C17H27F3O3Si/c1-14(2)23-24(21-3,22-4)12-7-5-6-9-15-10-8-11-16(13-15)17(18,19)20/h8,10-11,13-14H,5-7,9,12H2,1-4H3. The van der Waals surface area contributed by atoms with Crippen molar-refractivity contribution in [1.82, 2.24) is 0 Å². The highest BCUT2D eigenvalue weighted by Gasteiger charge is 2.39. The smallest absolute Gasteiger partial charge is 0.377 e. The molecule has 0 aromatic heterocycles. The molecule has 0 bridgehead atoms. The molecule has 1 aromatic carbocycles. The summed E-state index contributed by atoms with van der Waals surface area (Å²) in [5.41, 5.74) is 0.126. The van der Waals surface area contributed by atoms with Crippen LogP contribution in [0.2, 0.25) is 6.04 Å². The van der Waals surface area contributed by atoms with Gasteiger partial charge in [-0.25, -0.2) is 0 Å². The van der Waals surface area contributed by atoms with Gasteiger partial charge in [-0.05, 0) is 44.7 Å². The molecule has 0 saturated carbocycles. The maximum absolute atomic E-state index is 12.7. The lowest BCUT2D eigenvalue weighted by Gasteiger charge is -2.28. The van der Waals surface area contributed by atoms with E-state index in [2.05, 4.69) is 0 Å². The van der Waals surface area contributed by atoms with Crippen LogP contribution in [-0.2, 0) is 25.9 Å². The van der Waals surface area contributed by atoms with E-state index in [0.29, 0.717) is 18.0 Å². The Bertz CT molecular complexity index is 488. The van der Waals surface area contributed by atoms with Crippen molar-refractivity contribution in [1.29, 1.82) is 0 Å². The summed E-state index contributed by atoms with van der Waals surface area (Å²) in [5, 5.41) is 0. The van der Waals surface area contributed by atoms with Crippen molar-refractivity contribution >= 4 is 8.80 Å². The molecule has 0 aliphatic heterocycles. The quantitative estimate of drug-likeness (QED) is 0.428. The van der Waals surface area contributed by atoms with E-state index < -0.39 is 20.5 Å². The molecular formula is C17H27F3O3Si. The number of benzene rings is 1. The Morgan fingerprint density at radius 2 is 1.71 bits per heavy atom. The Labute approximate surface area is 143 Å². The van der Waals surface area contributed by atoms with E-state index in [1.165, 1.54) is 12.1 Å². The SMILES string of the molecule is CO[Si](CCCCCc1cccc(C(F)(F)F)c1)(OC)OC(C)C. The Hall–Kier alpha value is -0.893. The lowest BCUT2D eigenvalue weighted by atomic mass is 10.0. The van der Waals surface area contributed by atoms with Crippen molar-refractivity contribution < 1.29 is 26.4 Å². The van der Waals surface area contributed by atoms with Crippen LogP contribution < -0.4 is 0 Å². The Balaban J connectivity index is 2.43. The van der Waals surface area contributed by atoms with Gasteiger partial charge >= 0.3 is 15.0 Å². The fourth-order valence-electron chi connectivity index (χ4n) is 2.55. The lowest BCUT2D eigenvalue weighted by molar-refractivity contribution is -0.137. The molecule has 0 N–H and O–H groups in total. The number of alkyl halides is 3. The van der Waals surface area contributed by atoms with Crippen LogP contribution in [0.5, 0.6) is 0 Å². The van der Waals surface area contributed by atoms with E-state index >= 15 is 0 Å². The molecule has 0 unspecified atom stereocenters. The van der Waals surface area contributed by atoms with Crippen LogP contribution in [0.3, 0.4) is 0 Å². The molecule has 1 aromatic rings. The van der Waals surface area contributed by atoms with E-state index in [-0.39, 0.29) is 6.10 Å². The highest BCUT2D eigenvalue weighted by Crippen LogP contribution is 2.30. The molecule has 0 radical (unpaired) electrons. The fraction of sp³-hybridized carbons (Fsp3) is 0.647. The predicted molar refractivity (Wildman–Crippen MR) is 89.8 cm³/mol. The average molecular weight is 364 g/mol. The summed E-state index contributed by atoms with van der Waals surface area (Å²) in [4.78, 5) is 0. The second-order valence-corrected chi connectivity index (χ2v) is 8.93. The first kappa shape index (κ1) is 21.2. The lowest BCUT2D eigenvalue weighted by Crippen LogP contribution is -2.45. The minimum atomic E-state index is -4.29. The third kappa shape index (κ3) is 6.92. The first-order valence-electron chi connectivity index (χ1n) is 8.16. The Morgan fingerprint density at radius 3 is 2.25 bits per heavy atom. The van der Waals surface area contributed by atoms with Gasteiger partial charge in [-0.3, -0.25) is 0 Å². The van der Waals surface area contributed by atoms with Gasteiger partial charge in [-0.2, -0.15) is 13.2 Å². The summed E-state index contributed by atoms with van der Waals surface area (Å²) in [5.74, 6) is 0. The fourth-order valence-corrected chi connectivity index (χ4v) is 4.84. The molecule has 138 valence electrons. The Kier molecular flexibility index (Phi) is 8.42. The average Bonchev–Trinajstić information content (AvgIpc) is 2.52. The zero-order chi connectivity index (χ0) is 18.2. The van der Waals surface area contributed by atoms with Gasteiger partial charge in [0, 0.05) is 26.4 Å². The molecule has 7 heteroatoms. The first-order chi connectivity index (χ1) is 11.2. The minimum Gasteiger partial charge on any atom is -0.377 e. The molecule has 0 spiro atoms. The maximum Gasteiger partial charge on any atom is 0.500 e.